The summed E-state index contributed by atoms with van der Waals surface area (Å²) in [7, 11) is 1.65. The van der Waals surface area contributed by atoms with Crippen LogP contribution >= 0.6 is 0 Å². The number of methoxy groups -OCH3 is 1. The zero-order chi connectivity index (χ0) is 14.6. The number of nitrogens with one attached hydrogen (secondary N) is 1. The van der Waals surface area contributed by atoms with E-state index in [1.165, 1.54) is 11.1 Å². The summed E-state index contributed by atoms with van der Waals surface area (Å²) in [5.74, 6) is 0.680. The zero-order valence-corrected chi connectivity index (χ0v) is 11.8. The normalized spacial score (nSPS) is 18.8. The van der Waals surface area contributed by atoms with E-state index in [-0.39, 0.29) is 17.5 Å². The van der Waals surface area contributed by atoms with Gasteiger partial charge in [-0.05, 0) is 59.8 Å². The molecule has 1 atom stereocenters. The third-order valence-corrected chi connectivity index (χ3v) is 4.54. The maximum absolute atomic E-state index is 10.3. The van der Waals surface area contributed by atoms with Crippen LogP contribution in [0.15, 0.2) is 24.3 Å². The van der Waals surface area contributed by atoms with Gasteiger partial charge in [-0.25, -0.2) is 0 Å². The molecule has 2 aromatic carbocycles. The van der Waals surface area contributed by atoms with Crippen LogP contribution in [0.25, 0.3) is 11.1 Å². The quantitative estimate of drug-likeness (QED) is 0.704. The first kappa shape index (κ1) is 12.5. The second-order valence-electron chi connectivity index (χ2n) is 5.68. The average molecular weight is 283 g/mol. The third-order valence-electron chi connectivity index (χ3n) is 4.54. The van der Waals surface area contributed by atoms with Crippen molar-refractivity contribution in [1.29, 1.82) is 0 Å². The first-order chi connectivity index (χ1) is 10.2. The highest BCUT2D eigenvalue weighted by Gasteiger charge is 2.32. The Morgan fingerprint density at radius 3 is 2.86 bits per heavy atom. The molecular formula is C17H17NO3. The molecule has 2 aliphatic rings. The van der Waals surface area contributed by atoms with E-state index in [0.29, 0.717) is 0 Å². The highest BCUT2D eigenvalue weighted by Crippen LogP contribution is 2.49. The number of aromatic hydroxyl groups is 2. The number of phenols is 2. The Morgan fingerprint density at radius 2 is 2.05 bits per heavy atom. The average Bonchev–Trinajstić information content (AvgIpc) is 2.51. The molecule has 0 unspecified atom stereocenters. The van der Waals surface area contributed by atoms with Gasteiger partial charge in [0.25, 0.3) is 0 Å². The van der Waals surface area contributed by atoms with Crippen LogP contribution in [0.1, 0.15) is 22.7 Å². The molecule has 4 heteroatoms. The fourth-order valence-electron chi connectivity index (χ4n) is 3.60. The summed E-state index contributed by atoms with van der Waals surface area (Å²) >= 11 is 0. The molecule has 3 N–H and O–H groups in total. The molecule has 0 spiro atoms. The van der Waals surface area contributed by atoms with Gasteiger partial charge in [-0.15, -0.1) is 0 Å². The molecule has 108 valence electrons. The Hall–Kier alpha value is -2.20. The Kier molecular flexibility index (Phi) is 2.62. The summed E-state index contributed by atoms with van der Waals surface area (Å²) in [4.78, 5) is 0. The van der Waals surface area contributed by atoms with E-state index in [9.17, 15) is 10.2 Å². The summed E-state index contributed by atoms with van der Waals surface area (Å²) in [5.41, 5.74) is 5.26. The molecule has 0 saturated heterocycles. The lowest BCUT2D eigenvalue weighted by atomic mass is 9.77. The van der Waals surface area contributed by atoms with Crippen LogP contribution in [0.3, 0.4) is 0 Å². The molecule has 4 nitrogen and oxygen atoms in total. The van der Waals surface area contributed by atoms with E-state index in [4.69, 9.17) is 4.74 Å². The Labute approximate surface area is 123 Å². The van der Waals surface area contributed by atoms with Gasteiger partial charge in [0.15, 0.2) is 11.5 Å². The van der Waals surface area contributed by atoms with Gasteiger partial charge in [-0.1, -0.05) is 6.07 Å². The minimum Gasteiger partial charge on any atom is -0.504 e. The molecule has 0 radical (unpaired) electrons. The van der Waals surface area contributed by atoms with Crippen molar-refractivity contribution in [2.24, 2.45) is 0 Å². The highest BCUT2D eigenvalue weighted by atomic mass is 16.5. The van der Waals surface area contributed by atoms with Crippen LogP contribution in [0.4, 0.5) is 0 Å². The second kappa shape index (κ2) is 4.40. The summed E-state index contributed by atoms with van der Waals surface area (Å²) in [5, 5.41) is 23.7. The van der Waals surface area contributed by atoms with Crippen molar-refractivity contribution < 1.29 is 14.9 Å². The van der Waals surface area contributed by atoms with Gasteiger partial charge in [-0.2, -0.15) is 0 Å². The number of rotatable bonds is 1. The van der Waals surface area contributed by atoms with E-state index in [1.54, 1.807) is 13.2 Å². The molecular weight excluding hydrogens is 266 g/mol. The number of hydrogen-bond acceptors (Lipinski definition) is 4. The Balaban J connectivity index is 2.06. The smallest absolute Gasteiger partial charge is 0.165 e. The number of benzene rings is 2. The van der Waals surface area contributed by atoms with E-state index in [1.807, 2.05) is 12.1 Å². The molecule has 0 amide bonds. The second-order valence-corrected chi connectivity index (χ2v) is 5.68. The molecule has 1 heterocycles. The minimum atomic E-state index is -0.0764. The van der Waals surface area contributed by atoms with Crippen LogP contribution in [0, 0.1) is 0 Å². The van der Waals surface area contributed by atoms with Gasteiger partial charge >= 0.3 is 0 Å². The van der Waals surface area contributed by atoms with Crippen molar-refractivity contribution in [2.75, 3.05) is 13.7 Å². The SMILES string of the molecule is COc1cc2c3c(c1)-c1c(ccc(O)c1O)C[C@H]3NCC2. The molecule has 1 aliphatic carbocycles. The third kappa shape index (κ3) is 1.72. The van der Waals surface area contributed by atoms with Crippen LogP contribution in [0.5, 0.6) is 17.2 Å². The molecule has 0 bridgehead atoms. The molecule has 4 rings (SSSR count). The Bertz CT molecular complexity index is 739. The van der Waals surface area contributed by atoms with Crippen molar-refractivity contribution in [3.63, 3.8) is 0 Å². The topological polar surface area (TPSA) is 61.7 Å². The standard InChI is InChI=1S/C17H17NO3/c1-21-11-6-10-4-5-18-13-7-9-2-3-14(19)17(20)16(9)12(8-11)15(10)13/h2-3,6,8,13,18-20H,4-5,7H2,1H3/t13-/m1/s1. The van der Waals surface area contributed by atoms with E-state index in [2.05, 4.69) is 11.4 Å². The minimum absolute atomic E-state index is 0.0352. The molecule has 1 aliphatic heterocycles. The zero-order valence-electron chi connectivity index (χ0n) is 11.8. The summed E-state index contributed by atoms with van der Waals surface area (Å²) in [6.07, 6.45) is 1.78. The highest BCUT2D eigenvalue weighted by molar-refractivity contribution is 5.83. The number of ether oxygens (including phenoxy) is 1. The van der Waals surface area contributed by atoms with Crippen molar-refractivity contribution in [2.45, 2.75) is 18.9 Å². The lowest BCUT2D eigenvalue weighted by molar-refractivity contribution is 0.401. The fourth-order valence-corrected chi connectivity index (χ4v) is 3.60. The first-order valence-electron chi connectivity index (χ1n) is 7.17. The summed E-state index contributed by atoms with van der Waals surface area (Å²) in [6, 6.07) is 7.75. The number of phenolic OH excluding ortho intramolecular Hbond substituents is 2. The predicted molar refractivity (Wildman–Crippen MR) is 79.9 cm³/mol. The van der Waals surface area contributed by atoms with Crippen LogP contribution in [-0.4, -0.2) is 23.9 Å². The number of hydrogen-bond donors (Lipinski definition) is 3. The van der Waals surface area contributed by atoms with Crippen molar-refractivity contribution >= 4 is 0 Å². The van der Waals surface area contributed by atoms with Crippen LogP contribution < -0.4 is 10.1 Å². The van der Waals surface area contributed by atoms with Crippen LogP contribution in [0.2, 0.25) is 0 Å². The van der Waals surface area contributed by atoms with Gasteiger partial charge in [0.05, 0.1) is 7.11 Å². The molecule has 0 saturated carbocycles. The lowest BCUT2D eigenvalue weighted by Crippen LogP contribution is -2.33. The predicted octanol–water partition coefficient (Wildman–Crippen LogP) is 2.52. The Morgan fingerprint density at radius 1 is 1.19 bits per heavy atom. The maximum atomic E-state index is 10.3. The summed E-state index contributed by atoms with van der Waals surface area (Å²) in [6.45, 7) is 0.948. The van der Waals surface area contributed by atoms with Gasteiger partial charge in [0, 0.05) is 11.6 Å². The molecule has 2 aromatic rings. The molecule has 0 aromatic heterocycles. The van der Waals surface area contributed by atoms with Crippen molar-refractivity contribution in [3.05, 3.63) is 41.0 Å². The van der Waals surface area contributed by atoms with Gasteiger partial charge in [0.2, 0.25) is 0 Å². The maximum Gasteiger partial charge on any atom is 0.165 e. The van der Waals surface area contributed by atoms with Crippen LogP contribution in [-0.2, 0) is 12.8 Å². The van der Waals surface area contributed by atoms with Gasteiger partial charge in [0.1, 0.15) is 5.75 Å². The monoisotopic (exact) mass is 283 g/mol. The number of fused-ring (bicyclic) bond motifs is 2. The molecule has 21 heavy (non-hydrogen) atoms. The largest absolute Gasteiger partial charge is 0.504 e. The van der Waals surface area contributed by atoms with Gasteiger partial charge < -0.3 is 20.3 Å². The van der Waals surface area contributed by atoms with Gasteiger partial charge in [-0.3, -0.25) is 0 Å². The van der Waals surface area contributed by atoms with Crippen molar-refractivity contribution in [3.8, 4) is 28.4 Å². The van der Waals surface area contributed by atoms with E-state index < -0.39 is 0 Å². The van der Waals surface area contributed by atoms with Crippen molar-refractivity contribution in [1.82, 2.24) is 5.32 Å². The lowest BCUT2D eigenvalue weighted by Gasteiger charge is -2.35. The summed E-state index contributed by atoms with van der Waals surface area (Å²) < 4.78 is 5.40. The van der Waals surface area contributed by atoms with E-state index in [0.717, 1.165) is 41.8 Å². The first-order valence-corrected chi connectivity index (χ1v) is 7.17. The molecule has 0 fully saturated rings. The fraction of sp³-hybridized carbons (Fsp3) is 0.294. The van der Waals surface area contributed by atoms with E-state index >= 15 is 0 Å².